The summed E-state index contributed by atoms with van der Waals surface area (Å²) in [5.41, 5.74) is 1.25. The van der Waals surface area contributed by atoms with Crippen LogP contribution in [0.4, 0.5) is 11.4 Å². The molecule has 27 heavy (non-hydrogen) atoms. The van der Waals surface area contributed by atoms with Crippen molar-refractivity contribution < 1.29 is 19.6 Å². The molecule has 0 spiro atoms. The van der Waals surface area contributed by atoms with Gasteiger partial charge in [0.1, 0.15) is 0 Å². The monoisotopic (exact) mass is 384 g/mol. The number of nitrogens with one attached hydrogen (secondary N) is 1. The Morgan fingerprint density at radius 3 is 2.37 bits per heavy atom. The maximum atomic E-state index is 11.9. The first-order chi connectivity index (χ1) is 13.0. The Morgan fingerprint density at radius 2 is 1.78 bits per heavy atom. The van der Waals surface area contributed by atoms with Gasteiger partial charge in [-0.15, -0.1) is 11.8 Å². The Hall–Kier alpha value is -3.39. The summed E-state index contributed by atoms with van der Waals surface area (Å²) < 4.78 is 0. The zero-order chi connectivity index (χ0) is 19.6. The lowest BCUT2D eigenvalue weighted by atomic mass is 10.2. The van der Waals surface area contributed by atoms with E-state index < -0.39 is 16.8 Å². The van der Waals surface area contributed by atoms with Crippen LogP contribution in [-0.4, -0.2) is 27.7 Å². The van der Waals surface area contributed by atoms with E-state index in [9.17, 15) is 24.8 Å². The SMILES string of the molecule is O=C(CS/C(=C/C=C/c1ccccc1)C(=O)O)Nc1ccc([N+](=O)[O-])cc1. The molecular formula is C19H16N2O5S. The average molecular weight is 384 g/mol. The van der Waals surface area contributed by atoms with Crippen LogP contribution in [0.25, 0.3) is 6.08 Å². The minimum absolute atomic E-state index is 0.0287. The highest BCUT2D eigenvalue weighted by Crippen LogP contribution is 2.19. The number of benzene rings is 2. The number of carboxylic acids is 1. The van der Waals surface area contributed by atoms with Gasteiger partial charge in [0.05, 0.1) is 15.6 Å². The zero-order valence-corrected chi connectivity index (χ0v) is 14.9. The highest BCUT2D eigenvalue weighted by atomic mass is 32.2. The molecule has 2 aromatic rings. The number of rotatable bonds is 8. The largest absolute Gasteiger partial charge is 0.477 e. The standard InChI is InChI=1S/C19H16N2O5S/c22-18(20-15-9-11-16(12-10-15)21(25)26)13-27-17(19(23)24)8-4-7-14-5-2-1-3-6-14/h1-12H,13H2,(H,20,22)(H,23,24)/b7-4+,17-8+. The van der Waals surface area contributed by atoms with E-state index in [-0.39, 0.29) is 16.3 Å². The van der Waals surface area contributed by atoms with Crippen LogP contribution < -0.4 is 5.32 Å². The summed E-state index contributed by atoms with van der Waals surface area (Å²) in [5, 5.41) is 22.4. The lowest BCUT2D eigenvalue weighted by molar-refractivity contribution is -0.384. The van der Waals surface area contributed by atoms with Gasteiger partial charge in [0.15, 0.2) is 0 Å². The van der Waals surface area contributed by atoms with Gasteiger partial charge in [0.25, 0.3) is 5.69 Å². The highest BCUT2D eigenvalue weighted by Gasteiger charge is 2.11. The lowest BCUT2D eigenvalue weighted by Gasteiger charge is -2.05. The van der Waals surface area contributed by atoms with E-state index >= 15 is 0 Å². The molecule has 0 aliphatic rings. The fourth-order valence-corrected chi connectivity index (χ4v) is 2.66. The molecule has 0 radical (unpaired) electrons. The Balaban J connectivity index is 1.91. The van der Waals surface area contributed by atoms with Gasteiger partial charge in [-0.1, -0.05) is 42.5 Å². The third-order valence-corrected chi connectivity index (χ3v) is 4.30. The van der Waals surface area contributed by atoms with Gasteiger partial charge in [-0.05, 0) is 23.8 Å². The molecule has 2 N–H and O–H groups in total. The summed E-state index contributed by atoms with van der Waals surface area (Å²) in [6, 6.07) is 14.8. The zero-order valence-electron chi connectivity index (χ0n) is 14.1. The topological polar surface area (TPSA) is 110 Å². The number of hydrogen-bond donors (Lipinski definition) is 2. The number of carboxylic acid groups (broad SMARTS) is 1. The Labute approximate surface area is 159 Å². The van der Waals surface area contributed by atoms with E-state index in [1.165, 1.54) is 30.3 Å². The number of anilines is 1. The van der Waals surface area contributed by atoms with Crippen molar-refractivity contribution in [3.63, 3.8) is 0 Å². The summed E-state index contributed by atoms with van der Waals surface area (Å²) in [4.78, 5) is 33.3. The van der Waals surface area contributed by atoms with Crippen molar-refractivity contribution in [2.75, 3.05) is 11.1 Å². The fraction of sp³-hybridized carbons (Fsp3) is 0.0526. The summed E-state index contributed by atoms with van der Waals surface area (Å²) in [7, 11) is 0. The van der Waals surface area contributed by atoms with Gasteiger partial charge in [0, 0.05) is 17.8 Å². The predicted molar refractivity (Wildman–Crippen MR) is 105 cm³/mol. The molecule has 0 aromatic heterocycles. The third-order valence-electron chi connectivity index (χ3n) is 3.27. The molecule has 8 heteroatoms. The number of hydrogen-bond acceptors (Lipinski definition) is 5. The Kier molecular flexibility index (Phi) is 7.33. The van der Waals surface area contributed by atoms with Crippen LogP contribution in [0.2, 0.25) is 0 Å². The average Bonchev–Trinajstić information content (AvgIpc) is 2.65. The van der Waals surface area contributed by atoms with Gasteiger partial charge < -0.3 is 10.4 Å². The molecule has 0 heterocycles. The molecule has 1 amide bonds. The molecule has 0 atom stereocenters. The number of nitro groups is 1. The molecule has 0 unspecified atom stereocenters. The van der Waals surface area contributed by atoms with Crippen molar-refractivity contribution in [2.24, 2.45) is 0 Å². The van der Waals surface area contributed by atoms with Crippen LogP contribution in [0, 0.1) is 10.1 Å². The van der Waals surface area contributed by atoms with Crippen LogP contribution in [-0.2, 0) is 9.59 Å². The van der Waals surface area contributed by atoms with Crippen LogP contribution >= 0.6 is 11.8 Å². The fourth-order valence-electron chi connectivity index (χ4n) is 2.00. The number of allylic oxidation sites excluding steroid dienone is 2. The van der Waals surface area contributed by atoms with E-state index in [4.69, 9.17) is 0 Å². The molecule has 0 saturated carbocycles. The van der Waals surface area contributed by atoms with Crippen molar-refractivity contribution in [2.45, 2.75) is 0 Å². The summed E-state index contributed by atoms with van der Waals surface area (Å²) in [6.07, 6.45) is 4.81. The Bertz CT molecular complexity index is 877. The quantitative estimate of drug-likeness (QED) is 0.309. The van der Waals surface area contributed by atoms with Crippen molar-refractivity contribution in [3.05, 3.63) is 87.3 Å². The second-order valence-corrected chi connectivity index (χ2v) is 6.26. The van der Waals surface area contributed by atoms with E-state index in [0.29, 0.717) is 5.69 Å². The van der Waals surface area contributed by atoms with Gasteiger partial charge in [-0.3, -0.25) is 14.9 Å². The number of nitrogens with zero attached hydrogens (tertiary/aromatic N) is 1. The number of non-ortho nitro benzene ring substituents is 1. The third kappa shape index (κ3) is 6.79. The number of amides is 1. The van der Waals surface area contributed by atoms with Crippen LogP contribution in [0.15, 0.2) is 71.7 Å². The van der Waals surface area contributed by atoms with Crippen LogP contribution in [0.5, 0.6) is 0 Å². The summed E-state index contributed by atoms with van der Waals surface area (Å²) >= 11 is 0.890. The highest BCUT2D eigenvalue weighted by molar-refractivity contribution is 8.04. The molecule has 138 valence electrons. The number of nitro benzene ring substituents is 1. The normalized spacial score (nSPS) is 11.3. The van der Waals surface area contributed by atoms with Gasteiger partial charge in [-0.2, -0.15) is 0 Å². The predicted octanol–water partition coefficient (Wildman–Crippen LogP) is 3.95. The number of thioether (sulfide) groups is 1. The van der Waals surface area contributed by atoms with Gasteiger partial charge in [0.2, 0.25) is 5.91 Å². The molecule has 0 aliphatic heterocycles. The minimum atomic E-state index is -1.12. The minimum Gasteiger partial charge on any atom is -0.477 e. The molecule has 0 bridgehead atoms. The summed E-state index contributed by atoms with van der Waals surface area (Å²) in [6.45, 7) is 0. The van der Waals surface area contributed by atoms with E-state index in [1.807, 2.05) is 30.3 Å². The van der Waals surface area contributed by atoms with Gasteiger partial charge in [-0.25, -0.2) is 4.79 Å². The van der Waals surface area contributed by atoms with Crippen LogP contribution in [0.3, 0.4) is 0 Å². The summed E-state index contributed by atoms with van der Waals surface area (Å²) in [5.74, 6) is -1.64. The molecule has 0 aliphatic carbocycles. The number of aliphatic carboxylic acids is 1. The molecule has 0 saturated heterocycles. The Morgan fingerprint density at radius 1 is 1.11 bits per heavy atom. The number of carbonyl (C=O) groups is 2. The van der Waals surface area contributed by atoms with E-state index in [2.05, 4.69) is 5.32 Å². The lowest BCUT2D eigenvalue weighted by Crippen LogP contribution is -2.15. The molecule has 0 fully saturated rings. The van der Waals surface area contributed by atoms with Gasteiger partial charge >= 0.3 is 5.97 Å². The maximum absolute atomic E-state index is 11.9. The second kappa shape index (κ2) is 9.93. The van der Waals surface area contributed by atoms with Crippen molar-refractivity contribution in [1.29, 1.82) is 0 Å². The number of carbonyl (C=O) groups excluding carboxylic acids is 1. The molecule has 2 rings (SSSR count). The van der Waals surface area contributed by atoms with E-state index in [1.54, 1.807) is 12.2 Å². The molecule has 7 nitrogen and oxygen atoms in total. The smallest absolute Gasteiger partial charge is 0.342 e. The van der Waals surface area contributed by atoms with Crippen LogP contribution in [0.1, 0.15) is 5.56 Å². The first-order valence-corrected chi connectivity index (χ1v) is 8.78. The molecular weight excluding hydrogens is 368 g/mol. The van der Waals surface area contributed by atoms with Crippen molar-refractivity contribution in [3.8, 4) is 0 Å². The van der Waals surface area contributed by atoms with Crippen molar-refractivity contribution in [1.82, 2.24) is 0 Å². The maximum Gasteiger partial charge on any atom is 0.342 e. The first kappa shape index (κ1) is 19.9. The van der Waals surface area contributed by atoms with E-state index in [0.717, 1.165) is 17.3 Å². The van der Waals surface area contributed by atoms with Crippen molar-refractivity contribution >= 4 is 41.1 Å². The first-order valence-electron chi connectivity index (χ1n) is 7.79. The second-order valence-electron chi connectivity index (χ2n) is 5.25. The molecule has 2 aromatic carbocycles.